The SMILES string of the molecule is Cc1ccc(-n2cc(Br)c(CC#N)n2)c(C)c1. The highest BCUT2D eigenvalue weighted by atomic mass is 79.9. The van der Waals surface area contributed by atoms with Crippen LogP contribution in [0.2, 0.25) is 0 Å². The van der Waals surface area contributed by atoms with E-state index in [2.05, 4.69) is 53.1 Å². The van der Waals surface area contributed by atoms with Crippen LogP contribution < -0.4 is 0 Å². The Morgan fingerprint density at radius 3 is 2.82 bits per heavy atom. The third-order valence-corrected chi connectivity index (χ3v) is 3.25. The second-order valence-electron chi connectivity index (χ2n) is 3.99. The molecule has 2 rings (SSSR count). The van der Waals surface area contributed by atoms with Gasteiger partial charge in [-0.25, -0.2) is 4.68 Å². The first-order valence-electron chi connectivity index (χ1n) is 5.30. The van der Waals surface area contributed by atoms with E-state index < -0.39 is 0 Å². The smallest absolute Gasteiger partial charge is 0.0911 e. The summed E-state index contributed by atoms with van der Waals surface area (Å²) < 4.78 is 2.69. The van der Waals surface area contributed by atoms with E-state index in [1.807, 2.05) is 16.9 Å². The van der Waals surface area contributed by atoms with Crippen LogP contribution in [0.1, 0.15) is 16.8 Å². The molecule has 0 fully saturated rings. The van der Waals surface area contributed by atoms with Crippen molar-refractivity contribution in [3.63, 3.8) is 0 Å². The van der Waals surface area contributed by atoms with Gasteiger partial charge in [0, 0.05) is 6.20 Å². The summed E-state index contributed by atoms with van der Waals surface area (Å²) in [5.41, 5.74) is 4.21. The monoisotopic (exact) mass is 289 g/mol. The van der Waals surface area contributed by atoms with E-state index in [4.69, 9.17) is 5.26 Å². The molecule has 0 spiro atoms. The Balaban J connectivity index is 2.47. The van der Waals surface area contributed by atoms with Crippen molar-refractivity contribution in [1.29, 1.82) is 5.26 Å². The number of benzene rings is 1. The molecule has 3 nitrogen and oxygen atoms in total. The van der Waals surface area contributed by atoms with Gasteiger partial charge >= 0.3 is 0 Å². The molecule has 0 aliphatic heterocycles. The fraction of sp³-hybridized carbons (Fsp3) is 0.231. The molecule has 1 aromatic heterocycles. The minimum absolute atomic E-state index is 0.318. The van der Waals surface area contributed by atoms with Gasteiger partial charge < -0.3 is 0 Å². The fourth-order valence-electron chi connectivity index (χ4n) is 1.77. The van der Waals surface area contributed by atoms with Gasteiger partial charge in [0.2, 0.25) is 0 Å². The summed E-state index contributed by atoms with van der Waals surface area (Å²) in [4.78, 5) is 0. The van der Waals surface area contributed by atoms with Gasteiger partial charge in [0.05, 0.1) is 28.3 Å². The van der Waals surface area contributed by atoms with E-state index in [9.17, 15) is 0 Å². The molecular weight excluding hydrogens is 278 g/mol. The Morgan fingerprint density at radius 2 is 2.18 bits per heavy atom. The third kappa shape index (κ3) is 2.40. The van der Waals surface area contributed by atoms with Crippen LogP contribution in [0, 0.1) is 25.2 Å². The molecule has 17 heavy (non-hydrogen) atoms. The molecule has 0 saturated heterocycles. The molecule has 0 atom stereocenters. The number of nitrogens with zero attached hydrogens (tertiary/aromatic N) is 3. The standard InChI is InChI=1S/C13H12BrN3/c1-9-3-4-13(10(2)7-9)17-8-11(14)12(16-17)5-6-15/h3-4,7-8H,5H2,1-2H3. The summed E-state index contributed by atoms with van der Waals surface area (Å²) in [7, 11) is 0. The molecule has 86 valence electrons. The van der Waals surface area contributed by atoms with Gasteiger partial charge in [-0.15, -0.1) is 0 Å². The molecular formula is C13H12BrN3. The maximum atomic E-state index is 8.69. The van der Waals surface area contributed by atoms with Crippen LogP contribution in [0.4, 0.5) is 0 Å². The van der Waals surface area contributed by atoms with Crippen LogP contribution in [0.5, 0.6) is 0 Å². The lowest BCUT2D eigenvalue weighted by molar-refractivity contribution is 0.846. The molecule has 0 N–H and O–H groups in total. The van der Waals surface area contributed by atoms with Crippen LogP contribution >= 0.6 is 15.9 Å². The Labute approximate surface area is 109 Å². The number of aryl methyl sites for hydroxylation is 2. The summed E-state index contributed by atoms with van der Waals surface area (Å²) in [5.74, 6) is 0. The Hall–Kier alpha value is -1.60. The molecule has 0 amide bonds. The zero-order chi connectivity index (χ0) is 12.4. The lowest BCUT2D eigenvalue weighted by Gasteiger charge is -2.06. The molecule has 0 saturated carbocycles. The van der Waals surface area contributed by atoms with Crippen LogP contribution in [-0.2, 0) is 6.42 Å². The normalized spacial score (nSPS) is 10.2. The minimum atomic E-state index is 0.318. The Morgan fingerprint density at radius 1 is 1.41 bits per heavy atom. The van der Waals surface area contributed by atoms with Gasteiger partial charge in [0.25, 0.3) is 0 Å². The van der Waals surface area contributed by atoms with Crippen molar-refractivity contribution in [2.45, 2.75) is 20.3 Å². The van der Waals surface area contributed by atoms with Crippen LogP contribution in [-0.4, -0.2) is 9.78 Å². The lowest BCUT2D eigenvalue weighted by atomic mass is 10.1. The summed E-state index contributed by atoms with van der Waals surface area (Å²) in [6, 6.07) is 8.33. The average molecular weight is 290 g/mol. The number of hydrogen-bond acceptors (Lipinski definition) is 2. The highest BCUT2D eigenvalue weighted by Gasteiger charge is 2.08. The second kappa shape index (κ2) is 4.72. The predicted octanol–water partition coefficient (Wildman–Crippen LogP) is 3.32. The molecule has 0 aliphatic carbocycles. The lowest BCUT2D eigenvalue weighted by Crippen LogP contribution is -1.98. The van der Waals surface area contributed by atoms with Crippen molar-refractivity contribution in [2.24, 2.45) is 0 Å². The van der Waals surface area contributed by atoms with Crippen molar-refractivity contribution < 1.29 is 0 Å². The summed E-state index contributed by atoms with van der Waals surface area (Å²) >= 11 is 3.42. The number of halogens is 1. The van der Waals surface area contributed by atoms with Crippen LogP contribution in [0.3, 0.4) is 0 Å². The van der Waals surface area contributed by atoms with E-state index in [0.717, 1.165) is 15.9 Å². The van der Waals surface area contributed by atoms with Gasteiger partial charge in [0.1, 0.15) is 0 Å². The maximum absolute atomic E-state index is 8.69. The molecule has 0 unspecified atom stereocenters. The van der Waals surface area contributed by atoms with Gasteiger partial charge in [-0.2, -0.15) is 10.4 Å². The van der Waals surface area contributed by atoms with E-state index in [-0.39, 0.29) is 0 Å². The molecule has 1 aromatic carbocycles. The van der Waals surface area contributed by atoms with E-state index in [0.29, 0.717) is 6.42 Å². The highest BCUT2D eigenvalue weighted by molar-refractivity contribution is 9.10. The van der Waals surface area contributed by atoms with Crippen molar-refractivity contribution in [3.05, 3.63) is 45.7 Å². The zero-order valence-electron chi connectivity index (χ0n) is 9.74. The Kier molecular flexibility index (Phi) is 3.30. The second-order valence-corrected chi connectivity index (χ2v) is 4.85. The average Bonchev–Trinajstić information content (AvgIpc) is 2.60. The quantitative estimate of drug-likeness (QED) is 0.851. The van der Waals surface area contributed by atoms with Crippen molar-refractivity contribution >= 4 is 15.9 Å². The third-order valence-electron chi connectivity index (χ3n) is 2.59. The van der Waals surface area contributed by atoms with Gasteiger partial charge in [-0.05, 0) is 41.4 Å². The molecule has 4 heteroatoms. The van der Waals surface area contributed by atoms with Crippen molar-refractivity contribution in [2.75, 3.05) is 0 Å². The van der Waals surface area contributed by atoms with E-state index >= 15 is 0 Å². The summed E-state index contributed by atoms with van der Waals surface area (Å²) in [6.07, 6.45) is 2.21. The van der Waals surface area contributed by atoms with Crippen LogP contribution in [0.25, 0.3) is 5.69 Å². The van der Waals surface area contributed by atoms with Crippen molar-refractivity contribution in [3.8, 4) is 11.8 Å². The number of hydrogen-bond donors (Lipinski definition) is 0. The number of rotatable bonds is 2. The van der Waals surface area contributed by atoms with Gasteiger partial charge in [-0.1, -0.05) is 17.7 Å². The summed E-state index contributed by atoms with van der Waals surface area (Å²) in [5, 5.41) is 13.1. The van der Waals surface area contributed by atoms with Crippen molar-refractivity contribution in [1.82, 2.24) is 9.78 Å². The maximum Gasteiger partial charge on any atom is 0.0911 e. The van der Waals surface area contributed by atoms with Crippen LogP contribution in [0.15, 0.2) is 28.9 Å². The molecule has 1 heterocycles. The molecule has 2 aromatic rings. The predicted molar refractivity (Wildman–Crippen MR) is 70.1 cm³/mol. The summed E-state index contributed by atoms with van der Waals surface area (Å²) in [6.45, 7) is 4.12. The number of aromatic nitrogens is 2. The van der Waals surface area contributed by atoms with Gasteiger partial charge in [0.15, 0.2) is 0 Å². The Bertz CT molecular complexity index is 593. The first kappa shape index (κ1) is 11.9. The molecule has 0 bridgehead atoms. The van der Waals surface area contributed by atoms with E-state index in [1.54, 1.807) is 0 Å². The minimum Gasteiger partial charge on any atom is -0.239 e. The topological polar surface area (TPSA) is 41.6 Å². The molecule has 0 radical (unpaired) electrons. The first-order chi connectivity index (χ1) is 8.11. The number of nitriles is 1. The molecule has 0 aliphatic rings. The highest BCUT2D eigenvalue weighted by Crippen LogP contribution is 2.21. The largest absolute Gasteiger partial charge is 0.239 e. The first-order valence-corrected chi connectivity index (χ1v) is 6.09. The zero-order valence-corrected chi connectivity index (χ0v) is 11.3. The van der Waals surface area contributed by atoms with Gasteiger partial charge in [-0.3, -0.25) is 0 Å². The van der Waals surface area contributed by atoms with E-state index in [1.165, 1.54) is 11.1 Å². The fourth-order valence-corrected chi connectivity index (χ4v) is 2.18.